The Kier molecular flexibility index (Phi) is 6.02. The van der Waals surface area contributed by atoms with Gasteiger partial charge < -0.3 is 15.2 Å². The zero-order valence-electron chi connectivity index (χ0n) is 11.5. The summed E-state index contributed by atoms with van der Waals surface area (Å²) in [6.07, 6.45) is 0.859. The van der Waals surface area contributed by atoms with Crippen LogP contribution in [0.15, 0.2) is 46.9 Å². The third-order valence-electron chi connectivity index (χ3n) is 2.81. The third kappa shape index (κ3) is 5.36. The Hall–Kier alpha value is -1.59. The van der Waals surface area contributed by atoms with Crippen LogP contribution in [0.4, 0.5) is 4.39 Å². The van der Waals surface area contributed by atoms with Gasteiger partial charge in [-0.25, -0.2) is 4.39 Å². The van der Waals surface area contributed by atoms with Gasteiger partial charge in [0.2, 0.25) is 0 Å². The van der Waals surface area contributed by atoms with Crippen molar-refractivity contribution in [3.63, 3.8) is 0 Å². The summed E-state index contributed by atoms with van der Waals surface area (Å²) in [6, 6.07) is 12.2. The maximum Gasteiger partial charge on any atom is 0.128 e. The second kappa shape index (κ2) is 8.00. The van der Waals surface area contributed by atoms with Crippen LogP contribution in [-0.4, -0.2) is 19.8 Å². The maximum atomic E-state index is 13.2. The molecular weight excluding hydrogens is 337 g/mol. The van der Waals surface area contributed by atoms with E-state index in [4.69, 9.17) is 15.2 Å². The van der Waals surface area contributed by atoms with Gasteiger partial charge in [-0.2, -0.15) is 0 Å². The highest BCUT2D eigenvalue weighted by molar-refractivity contribution is 9.10. The molecule has 0 spiro atoms. The quantitative estimate of drug-likeness (QED) is 0.774. The molecule has 2 N–H and O–H groups in total. The highest BCUT2D eigenvalue weighted by Crippen LogP contribution is 2.20. The van der Waals surface area contributed by atoms with Gasteiger partial charge in [0.15, 0.2) is 0 Å². The van der Waals surface area contributed by atoms with Gasteiger partial charge in [-0.1, -0.05) is 28.1 Å². The third-order valence-corrected chi connectivity index (χ3v) is 3.27. The van der Waals surface area contributed by atoms with Crippen LogP contribution in [-0.2, 0) is 6.42 Å². The van der Waals surface area contributed by atoms with E-state index in [1.807, 2.05) is 24.3 Å². The summed E-state index contributed by atoms with van der Waals surface area (Å²) in [7, 11) is 0. The van der Waals surface area contributed by atoms with E-state index >= 15 is 0 Å². The molecule has 0 atom stereocenters. The second-order valence-electron chi connectivity index (χ2n) is 4.48. The first kappa shape index (κ1) is 15.8. The van der Waals surface area contributed by atoms with Crippen molar-refractivity contribution in [2.24, 2.45) is 5.73 Å². The lowest BCUT2D eigenvalue weighted by atomic mass is 10.1. The predicted molar refractivity (Wildman–Crippen MR) is 84.3 cm³/mol. The molecule has 0 amide bonds. The molecule has 0 aliphatic carbocycles. The van der Waals surface area contributed by atoms with Crippen LogP contribution >= 0.6 is 15.9 Å². The first-order valence-electron chi connectivity index (χ1n) is 6.68. The maximum absolute atomic E-state index is 13.2. The van der Waals surface area contributed by atoms with Crippen LogP contribution in [0, 0.1) is 5.82 Å². The second-order valence-corrected chi connectivity index (χ2v) is 5.40. The number of ether oxygens (including phenoxy) is 2. The van der Waals surface area contributed by atoms with Crippen molar-refractivity contribution in [1.29, 1.82) is 0 Å². The molecule has 0 unspecified atom stereocenters. The molecule has 0 aliphatic heterocycles. The molecular formula is C16H17BrFNO2. The van der Waals surface area contributed by atoms with Crippen molar-refractivity contribution in [2.45, 2.75) is 6.42 Å². The summed E-state index contributed by atoms with van der Waals surface area (Å²) in [5.74, 6) is 0.916. The van der Waals surface area contributed by atoms with Crippen molar-refractivity contribution in [2.75, 3.05) is 19.8 Å². The Balaban J connectivity index is 1.76. The molecule has 0 radical (unpaired) electrons. The van der Waals surface area contributed by atoms with Gasteiger partial charge in [0.25, 0.3) is 0 Å². The van der Waals surface area contributed by atoms with Crippen LogP contribution in [0.5, 0.6) is 11.5 Å². The number of hydrogen-bond donors (Lipinski definition) is 1. The Bertz CT molecular complexity index is 555. The number of hydrogen-bond acceptors (Lipinski definition) is 3. The lowest BCUT2D eigenvalue weighted by Gasteiger charge is -2.09. The highest BCUT2D eigenvalue weighted by Gasteiger charge is 2.00. The molecule has 5 heteroatoms. The summed E-state index contributed by atoms with van der Waals surface area (Å²) in [4.78, 5) is 0. The molecule has 0 aromatic heterocycles. The summed E-state index contributed by atoms with van der Waals surface area (Å²) in [6.45, 7) is 1.38. The van der Waals surface area contributed by atoms with Gasteiger partial charge in [0.1, 0.15) is 30.5 Å². The van der Waals surface area contributed by atoms with E-state index in [0.29, 0.717) is 30.0 Å². The van der Waals surface area contributed by atoms with E-state index in [9.17, 15) is 4.39 Å². The topological polar surface area (TPSA) is 44.5 Å². The average Bonchev–Trinajstić information content (AvgIpc) is 2.45. The Labute approximate surface area is 132 Å². The van der Waals surface area contributed by atoms with Crippen molar-refractivity contribution in [3.05, 3.63) is 58.3 Å². The molecule has 0 heterocycles. The van der Waals surface area contributed by atoms with Crippen molar-refractivity contribution < 1.29 is 13.9 Å². The smallest absolute Gasteiger partial charge is 0.128 e. The Morgan fingerprint density at radius 2 is 1.62 bits per heavy atom. The van der Waals surface area contributed by atoms with E-state index in [2.05, 4.69) is 15.9 Å². The number of rotatable bonds is 7. The van der Waals surface area contributed by atoms with Gasteiger partial charge in [-0.3, -0.25) is 0 Å². The minimum Gasteiger partial charge on any atom is -0.490 e. The summed E-state index contributed by atoms with van der Waals surface area (Å²) in [5, 5.41) is 0. The molecule has 3 nitrogen and oxygen atoms in total. The minimum atomic E-state index is -0.337. The highest BCUT2D eigenvalue weighted by atomic mass is 79.9. The average molecular weight is 354 g/mol. The van der Waals surface area contributed by atoms with E-state index < -0.39 is 0 Å². The lowest BCUT2D eigenvalue weighted by Crippen LogP contribution is -2.09. The molecule has 2 aromatic rings. The molecule has 2 aromatic carbocycles. The fourth-order valence-electron chi connectivity index (χ4n) is 1.85. The zero-order chi connectivity index (χ0) is 15.1. The van der Waals surface area contributed by atoms with E-state index in [0.717, 1.165) is 12.2 Å². The van der Waals surface area contributed by atoms with Gasteiger partial charge in [0, 0.05) is 10.5 Å². The molecule has 21 heavy (non-hydrogen) atoms. The molecule has 0 saturated heterocycles. The van der Waals surface area contributed by atoms with E-state index in [1.54, 1.807) is 6.07 Å². The molecule has 2 rings (SSSR count). The van der Waals surface area contributed by atoms with E-state index in [1.165, 1.54) is 17.7 Å². The van der Waals surface area contributed by atoms with Crippen LogP contribution in [0.25, 0.3) is 0 Å². The largest absolute Gasteiger partial charge is 0.490 e. The monoisotopic (exact) mass is 353 g/mol. The standard InChI is InChI=1S/C16H17BrFNO2/c17-13-9-14(18)11-16(10-13)21-8-7-20-15-3-1-12(2-4-15)5-6-19/h1-4,9-11H,5-8,19H2. The summed E-state index contributed by atoms with van der Waals surface area (Å²) in [5.41, 5.74) is 6.68. The predicted octanol–water partition coefficient (Wildman–Crippen LogP) is 3.55. The minimum absolute atomic E-state index is 0.337. The van der Waals surface area contributed by atoms with E-state index in [-0.39, 0.29) is 5.82 Å². The molecule has 0 aliphatic rings. The lowest BCUT2D eigenvalue weighted by molar-refractivity contribution is 0.216. The Morgan fingerprint density at radius 1 is 0.952 bits per heavy atom. The number of benzene rings is 2. The van der Waals surface area contributed by atoms with Gasteiger partial charge in [-0.05, 0) is 42.8 Å². The fraction of sp³-hybridized carbons (Fsp3) is 0.250. The van der Waals surface area contributed by atoms with Crippen LogP contribution < -0.4 is 15.2 Å². The normalized spacial score (nSPS) is 10.4. The fourth-order valence-corrected chi connectivity index (χ4v) is 2.29. The van der Waals surface area contributed by atoms with Gasteiger partial charge in [-0.15, -0.1) is 0 Å². The first-order valence-corrected chi connectivity index (χ1v) is 7.47. The van der Waals surface area contributed by atoms with Gasteiger partial charge >= 0.3 is 0 Å². The first-order chi connectivity index (χ1) is 10.2. The van der Waals surface area contributed by atoms with Crippen molar-refractivity contribution in [3.8, 4) is 11.5 Å². The SMILES string of the molecule is NCCc1ccc(OCCOc2cc(F)cc(Br)c2)cc1. The van der Waals surface area contributed by atoms with Crippen molar-refractivity contribution >= 4 is 15.9 Å². The Morgan fingerprint density at radius 3 is 2.24 bits per heavy atom. The van der Waals surface area contributed by atoms with Crippen LogP contribution in [0.1, 0.15) is 5.56 Å². The molecule has 112 valence electrons. The van der Waals surface area contributed by atoms with Crippen molar-refractivity contribution in [1.82, 2.24) is 0 Å². The number of nitrogens with two attached hydrogens (primary N) is 1. The summed E-state index contributed by atoms with van der Waals surface area (Å²) >= 11 is 3.22. The van der Waals surface area contributed by atoms with Crippen LogP contribution in [0.2, 0.25) is 0 Å². The molecule has 0 fully saturated rings. The molecule has 0 saturated carbocycles. The van der Waals surface area contributed by atoms with Gasteiger partial charge in [0.05, 0.1) is 0 Å². The van der Waals surface area contributed by atoms with Crippen LogP contribution in [0.3, 0.4) is 0 Å². The zero-order valence-corrected chi connectivity index (χ0v) is 13.1. The number of halogens is 2. The summed E-state index contributed by atoms with van der Waals surface area (Å²) < 4.78 is 24.8. The molecule has 0 bridgehead atoms.